The zero-order valence-electron chi connectivity index (χ0n) is 12.2. The van der Waals surface area contributed by atoms with E-state index in [1.54, 1.807) is 6.20 Å². The third-order valence-electron chi connectivity index (χ3n) is 3.74. The Morgan fingerprint density at radius 3 is 2.45 bits per heavy atom. The van der Waals surface area contributed by atoms with Crippen molar-refractivity contribution in [2.75, 3.05) is 13.1 Å². The van der Waals surface area contributed by atoms with Crippen molar-refractivity contribution < 1.29 is 0 Å². The zero-order chi connectivity index (χ0) is 13.9. The summed E-state index contributed by atoms with van der Waals surface area (Å²) in [5.41, 5.74) is 2.48. The second-order valence-corrected chi connectivity index (χ2v) is 5.78. The molecule has 20 heavy (non-hydrogen) atoms. The highest BCUT2D eigenvalue weighted by atomic mass is 15.3. The summed E-state index contributed by atoms with van der Waals surface area (Å²) in [5.74, 6) is 0. The van der Waals surface area contributed by atoms with Gasteiger partial charge in [-0.25, -0.2) is 4.68 Å². The molecule has 1 fully saturated rings. The zero-order valence-corrected chi connectivity index (χ0v) is 12.2. The van der Waals surface area contributed by atoms with Gasteiger partial charge in [-0.15, -0.1) is 0 Å². The first-order chi connectivity index (χ1) is 9.70. The van der Waals surface area contributed by atoms with E-state index in [9.17, 15) is 0 Å². The van der Waals surface area contributed by atoms with Crippen LogP contribution in [0.5, 0.6) is 0 Å². The Bertz CT molecular complexity index is 522. The number of nitrogens with zero attached hydrogens (tertiary/aromatic N) is 3. The van der Waals surface area contributed by atoms with Crippen molar-refractivity contribution in [3.8, 4) is 5.69 Å². The van der Waals surface area contributed by atoms with Crippen molar-refractivity contribution in [3.63, 3.8) is 0 Å². The monoisotopic (exact) mass is 270 g/mol. The van der Waals surface area contributed by atoms with E-state index in [0.717, 1.165) is 25.3 Å². The third-order valence-corrected chi connectivity index (χ3v) is 3.74. The van der Waals surface area contributed by atoms with Gasteiger partial charge < -0.3 is 5.32 Å². The van der Waals surface area contributed by atoms with Crippen LogP contribution in [-0.2, 0) is 6.54 Å². The second kappa shape index (κ2) is 5.77. The van der Waals surface area contributed by atoms with E-state index in [4.69, 9.17) is 0 Å². The molecule has 4 nitrogen and oxygen atoms in total. The number of piperazine rings is 1. The van der Waals surface area contributed by atoms with Gasteiger partial charge in [-0.1, -0.05) is 12.1 Å². The Balaban J connectivity index is 1.66. The molecule has 0 bridgehead atoms. The predicted molar refractivity (Wildman–Crippen MR) is 80.9 cm³/mol. The van der Waals surface area contributed by atoms with E-state index in [-0.39, 0.29) is 0 Å². The van der Waals surface area contributed by atoms with Crippen LogP contribution in [0, 0.1) is 0 Å². The summed E-state index contributed by atoms with van der Waals surface area (Å²) < 4.78 is 1.89. The quantitative estimate of drug-likeness (QED) is 0.926. The largest absolute Gasteiger partial charge is 0.309 e. The minimum absolute atomic E-state index is 0.571. The molecule has 2 aromatic rings. The predicted octanol–water partition coefficient (Wildman–Crippen LogP) is 2.05. The van der Waals surface area contributed by atoms with Crippen molar-refractivity contribution in [1.82, 2.24) is 20.0 Å². The molecule has 2 atom stereocenters. The minimum Gasteiger partial charge on any atom is -0.309 e. The van der Waals surface area contributed by atoms with Crippen molar-refractivity contribution in [2.24, 2.45) is 0 Å². The minimum atomic E-state index is 0.571. The first kappa shape index (κ1) is 13.3. The molecule has 1 N–H and O–H groups in total. The molecule has 0 aliphatic carbocycles. The molecule has 0 saturated carbocycles. The van der Waals surface area contributed by atoms with Gasteiger partial charge in [0.2, 0.25) is 0 Å². The van der Waals surface area contributed by atoms with E-state index < -0.39 is 0 Å². The van der Waals surface area contributed by atoms with Crippen LogP contribution in [0.25, 0.3) is 5.69 Å². The lowest BCUT2D eigenvalue weighted by atomic mass is 10.1. The van der Waals surface area contributed by atoms with Crippen LogP contribution >= 0.6 is 0 Å². The maximum atomic E-state index is 4.25. The van der Waals surface area contributed by atoms with Crippen molar-refractivity contribution in [1.29, 1.82) is 0 Å². The van der Waals surface area contributed by atoms with E-state index in [1.165, 1.54) is 5.56 Å². The van der Waals surface area contributed by atoms with Crippen LogP contribution in [-0.4, -0.2) is 39.9 Å². The molecule has 0 amide bonds. The third kappa shape index (κ3) is 3.08. The van der Waals surface area contributed by atoms with E-state index in [2.05, 4.69) is 53.4 Å². The highest BCUT2D eigenvalue weighted by Crippen LogP contribution is 2.13. The van der Waals surface area contributed by atoms with Gasteiger partial charge in [0.05, 0.1) is 5.69 Å². The van der Waals surface area contributed by atoms with Crippen LogP contribution < -0.4 is 5.32 Å². The standard InChI is InChI=1S/C16H22N4/c1-13-10-19(11-14(2)18-13)12-15-4-6-16(7-5-15)20-9-3-8-17-20/h3-9,13-14,18H,10-12H2,1-2H3. The highest BCUT2D eigenvalue weighted by Gasteiger charge is 2.20. The first-order valence-electron chi connectivity index (χ1n) is 7.28. The average molecular weight is 270 g/mol. The SMILES string of the molecule is CC1CN(Cc2ccc(-n3cccn3)cc2)CC(C)N1. The number of nitrogens with one attached hydrogen (secondary N) is 1. The van der Waals surface area contributed by atoms with Gasteiger partial charge in [0.1, 0.15) is 0 Å². The van der Waals surface area contributed by atoms with Gasteiger partial charge in [0.25, 0.3) is 0 Å². The van der Waals surface area contributed by atoms with Crippen LogP contribution in [0.1, 0.15) is 19.4 Å². The number of hydrogen-bond donors (Lipinski definition) is 1. The molecule has 3 rings (SSSR count). The Morgan fingerprint density at radius 2 is 1.85 bits per heavy atom. The Morgan fingerprint density at radius 1 is 1.15 bits per heavy atom. The lowest BCUT2D eigenvalue weighted by molar-refractivity contribution is 0.166. The molecule has 1 aliphatic rings. The van der Waals surface area contributed by atoms with Crippen LogP contribution in [0.4, 0.5) is 0 Å². The molecule has 1 aliphatic heterocycles. The fourth-order valence-electron chi connectivity index (χ4n) is 3.00. The van der Waals surface area contributed by atoms with Gasteiger partial charge in [0.15, 0.2) is 0 Å². The number of hydrogen-bond acceptors (Lipinski definition) is 3. The molecule has 1 aromatic heterocycles. The Labute approximate surface area is 120 Å². The van der Waals surface area contributed by atoms with Crippen LogP contribution in [0.2, 0.25) is 0 Å². The molecule has 1 saturated heterocycles. The topological polar surface area (TPSA) is 33.1 Å². The van der Waals surface area contributed by atoms with E-state index in [0.29, 0.717) is 12.1 Å². The van der Waals surface area contributed by atoms with Gasteiger partial charge in [-0.2, -0.15) is 5.10 Å². The molecular formula is C16H22N4. The lowest BCUT2D eigenvalue weighted by Gasteiger charge is -2.36. The van der Waals surface area contributed by atoms with Crippen LogP contribution in [0.3, 0.4) is 0 Å². The van der Waals surface area contributed by atoms with Gasteiger partial charge in [-0.05, 0) is 37.6 Å². The molecule has 0 spiro atoms. The van der Waals surface area contributed by atoms with E-state index >= 15 is 0 Å². The van der Waals surface area contributed by atoms with Gasteiger partial charge >= 0.3 is 0 Å². The first-order valence-corrected chi connectivity index (χ1v) is 7.28. The summed E-state index contributed by atoms with van der Waals surface area (Å²) >= 11 is 0. The van der Waals surface area contributed by atoms with Crippen molar-refractivity contribution in [2.45, 2.75) is 32.5 Å². The molecule has 0 radical (unpaired) electrons. The summed E-state index contributed by atoms with van der Waals surface area (Å²) in [6.45, 7) is 7.76. The van der Waals surface area contributed by atoms with Crippen molar-refractivity contribution in [3.05, 3.63) is 48.3 Å². The fourth-order valence-corrected chi connectivity index (χ4v) is 3.00. The summed E-state index contributed by atoms with van der Waals surface area (Å²) in [7, 11) is 0. The smallest absolute Gasteiger partial charge is 0.0645 e. The number of benzene rings is 1. The Kier molecular flexibility index (Phi) is 3.85. The normalized spacial score (nSPS) is 23.9. The van der Waals surface area contributed by atoms with Gasteiger partial charge in [-0.3, -0.25) is 4.90 Å². The molecule has 4 heteroatoms. The summed E-state index contributed by atoms with van der Waals surface area (Å²) in [5, 5.41) is 7.82. The Hall–Kier alpha value is -1.65. The van der Waals surface area contributed by atoms with E-state index in [1.807, 2.05) is 16.9 Å². The molecular weight excluding hydrogens is 248 g/mol. The van der Waals surface area contributed by atoms with Crippen molar-refractivity contribution >= 4 is 0 Å². The molecule has 1 aromatic carbocycles. The number of rotatable bonds is 3. The van der Waals surface area contributed by atoms with Crippen LogP contribution in [0.15, 0.2) is 42.7 Å². The molecule has 106 valence electrons. The van der Waals surface area contributed by atoms with Gasteiger partial charge in [0, 0.05) is 44.1 Å². The average Bonchev–Trinajstić information content (AvgIpc) is 2.92. The lowest BCUT2D eigenvalue weighted by Crippen LogP contribution is -2.53. The second-order valence-electron chi connectivity index (χ2n) is 5.78. The maximum Gasteiger partial charge on any atom is 0.0645 e. The summed E-state index contributed by atoms with van der Waals surface area (Å²) in [4.78, 5) is 2.52. The fraction of sp³-hybridized carbons (Fsp3) is 0.438. The molecule has 2 unspecified atom stereocenters. The molecule has 2 heterocycles. The summed E-state index contributed by atoms with van der Waals surface area (Å²) in [6, 6.07) is 11.8. The highest BCUT2D eigenvalue weighted by molar-refractivity contribution is 5.33. The maximum absolute atomic E-state index is 4.25. The number of aromatic nitrogens is 2. The summed E-state index contributed by atoms with van der Waals surface area (Å²) in [6.07, 6.45) is 3.77.